The van der Waals surface area contributed by atoms with Gasteiger partial charge in [0.05, 0.1) is 22.2 Å². The Labute approximate surface area is 160 Å². The number of rotatable bonds is 5. The van der Waals surface area contributed by atoms with Gasteiger partial charge in [0.2, 0.25) is 5.91 Å². The number of benzene rings is 1. The summed E-state index contributed by atoms with van der Waals surface area (Å²) in [4.78, 5) is 18.6. The Balaban J connectivity index is 1.45. The normalized spacial score (nSPS) is 22.8. The second kappa shape index (κ2) is 8.15. The zero-order valence-electron chi connectivity index (χ0n) is 15.1. The molecule has 2 heterocycles. The number of nitrogens with zero attached hydrogens (tertiary/aromatic N) is 3. The predicted octanol–water partition coefficient (Wildman–Crippen LogP) is 1.50. The van der Waals surface area contributed by atoms with Crippen LogP contribution in [0.5, 0.6) is 0 Å². The average molecular weight is 400 g/mol. The molecule has 1 aromatic carbocycles. The maximum absolute atomic E-state index is 12.5. The lowest BCUT2D eigenvalue weighted by Crippen LogP contribution is -2.49. The van der Waals surface area contributed by atoms with Gasteiger partial charge in [-0.3, -0.25) is 4.79 Å². The summed E-state index contributed by atoms with van der Waals surface area (Å²) < 4.78 is 23.2. The van der Waals surface area contributed by atoms with Crippen molar-refractivity contribution in [1.82, 2.24) is 9.80 Å². The van der Waals surface area contributed by atoms with Crippen LogP contribution in [0.1, 0.15) is 12.8 Å². The Morgan fingerprint density at radius 1 is 1.23 bits per heavy atom. The third-order valence-corrected chi connectivity index (χ3v) is 7.41. The zero-order valence-corrected chi connectivity index (χ0v) is 16.7. The van der Waals surface area contributed by atoms with E-state index in [1.54, 1.807) is 0 Å². The maximum atomic E-state index is 12.5. The first-order valence-corrected chi connectivity index (χ1v) is 11.2. The summed E-state index contributed by atoms with van der Waals surface area (Å²) in [6.07, 6.45) is 1.10. The van der Waals surface area contributed by atoms with Crippen LogP contribution in [0.15, 0.2) is 24.3 Å². The Bertz CT molecular complexity index is 748. The van der Waals surface area contributed by atoms with Gasteiger partial charge in [-0.05, 0) is 25.6 Å². The molecule has 0 aliphatic carbocycles. The van der Waals surface area contributed by atoms with Gasteiger partial charge in [0.25, 0.3) is 0 Å². The minimum Gasteiger partial charge on any atom is -0.367 e. The van der Waals surface area contributed by atoms with Crippen LogP contribution >= 0.6 is 11.6 Å². The summed E-state index contributed by atoms with van der Waals surface area (Å²) >= 11 is 6.25. The van der Waals surface area contributed by atoms with Crippen molar-refractivity contribution in [2.75, 3.05) is 56.2 Å². The summed E-state index contributed by atoms with van der Waals surface area (Å²) in [7, 11) is -0.978. The van der Waals surface area contributed by atoms with Crippen molar-refractivity contribution in [3.05, 3.63) is 29.3 Å². The lowest BCUT2D eigenvalue weighted by atomic mass is 10.2. The lowest BCUT2D eigenvalue weighted by Gasteiger charge is -2.37. The standard InChI is InChI=1S/C18H26ClN3O3S/c1-20(15-7-13-26(24,25)14-15)8-6-18(23)22-11-9-21(10-12-22)17-5-3-2-4-16(17)19/h2-5,15H,6-14H2,1H3. The molecule has 0 bridgehead atoms. The summed E-state index contributed by atoms with van der Waals surface area (Å²) in [6.45, 7) is 3.51. The first kappa shape index (κ1) is 19.5. The Kier molecular flexibility index (Phi) is 6.10. The molecule has 0 spiro atoms. The van der Waals surface area contributed by atoms with Crippen LogP contribution in [-0.4, -0.2) is 81.4 Å². The minimum atomic E-state index is -2.89. The number of amides is 1. The van der Waals surface area contributed by atoms with Crippen LogP contribution in [-0.2, 0) is 14.6 Å². The molecule has 1 atom stereocenters. The third kappa shape index (κ3) is 4.69. The molecule has 2 fully saturated rings. The highest BCUT2D eigenvalue weighted by Crippen LogP contribution is 2.26. The fraction of sp³-hybridized carbons (Fsp3) is 0.611. The number of hydrogen-bond donors (Lipinski definition) is 0. The van der Waals surface area contributed by atoms with Gasteiger partial charge in [-0.15, -0.1) is 0 Å². The van der Waals surface area contributed by atoms with E-state index >= 15 is 0 Å². The molecule has 0 N–H and O–H groups in total. The van der Waals surface area contributed by atoms with E-state index in [0.717, 1.165) is 23.8 Å². The number of carbonyl (C=O) groups excluding carboxylic acids is 1. The molecule has 0 saturated carbocycles. The van der Waals surface area contributed by atoms with Gasteiger partial charge in [0, 0.05) is 45.2 Å². The molecule has 0 radical (unpaired) electrons. The smallest absolute Gasteiger partial charge is 0.223 e. The molecular formula is C18H26ClN3O3S. The van der Waals surface area contributed by atoms with Crippen molar-refractivity contribution in [2.45, 2.75) is 18.9 Å². The van der Waals surface area contributed by atoms with Gasteiger partial charge >= 0.3 is 0 Å². The van der Waals surface area contributed by atoms with Crippen LogP contribution in [0.3, 0.4) is 0 Å². The number of anilines is 1. The molecule has 8 heteroatoms. The number of carbonyl (C=O) groups is 1. The Morgan fingerprint density at radius 2 is 1.92 bits per heavy atom. The van der Waals surface area contributed by atoms with Gasteiger partial charge in [-0.2, -0.15) is 0 Å². The molecular weight excluding hydrogens is 374 g/mol. The average Bonchev–Trinajstić information content (AvgIpc) is 3.00. The lowest BCUT2D eigenvalue weighted by molar-refractivity contribution is -0.131. The monoisotopic (exact) mass is 399 g/mol. The van der Waals surface area contributed by atoms with E-state index in [-0.39, 0.29) is 23.5 Å². The topological polar surface area (TPSA) is 60.9 Å². The summed E-state index contributed by atoms with van der Waals surface area (Å²) in [6, 6.07) is 7.82. The fourth-order valence-electron chi connectivity index (χ4n) is 3.64. The SMILES string of the molecule is CN(CCC(=O)N1CCN(c2ccccc2Cl)CC1)C1CCS(=O)(=O)C1. The second-order valence-electron chi connectivity index (χ2n) is 7.11. The summed E-state index contributed by atoms with van der Waals surface area (Å²) in [5.74, 6) is 0.616. The molecule has 144 valence electrons. The molecule has 2 aliphatic rings. The first-order chi connectivity index (χ1) is 12.4. The number of sulfone groups is 1. The predicted molar refractivity (Wildman–Crippen MR) is 105 cm³/mol. The van der Waals surface area contributed by atoms with E-state index < -0.39 is 9.84 Å². The van der Waals surface area contributed by atoms with Crippen LogP contribution in [0.25, 0.3) is 0 Å². The zero-order chi connectivity index (χ0) is 18.7. The second-order valence-corrected chi connectivity index (χ2v) is 9.74. The number of hydrogen-bond acceptors (Lipinski definition) is 5. The van der Waals surface area contributed by atoms with E-state index in [1.807, 2.05) is 41.1 Å². The van der Waals surface area contributed by atoms with E-state index in [2.05, 4.69) is 4.90 Å². The first-order valence-electron chi connectivity index (χ1n) is 9.03. The van der Waals surface area contributed by atoms with Crippen molar-refractivity contribution < 1.29 is 13.2 Å². The van der Waals surface area contributed by atoms with Crippen molar-refractivity contribution in [2.24, 2.45) is 0 Å². The van der Waals surface area contributed by atoms with Gasteiger partial charge in [0.15, 0.2) is 9.84 Å². The van der Waals surface area contributed by atoms with Gasteiger partial charge < -0.3 is 14.7 Å². The molecule has 2 saturated heterocycles. The van der Waals surface area contributed by atoms with E-state index in [0.29, 0.717) is 32.5 Å². The largest absolute Gasteiger partial charge is 0.367 e. The third-order valence-electron chi connectivity index (χ3n) is 5.34. The number of piperazine rings is 1. The van der Waals surface area contributed by atoms with Crippen LogP contribution in [0.2, 0.25) is 5.02 Å². The van der Waals surface area contributed by atoms with Crippen LogP contribution in [0, 0.1) is 0 Å². The summed E-state index contributed by atoms with van der Waals surface area (Å²) in [5, 5.41) is 0.736. The van der Waals surface area contributed by atoms with Gasteiger partial charge in [-0.1, -0.05) is 23.7 Å². The van der Waals surface area contributed by atoms with Gasteiger partial charge in [0.1, 0.15) is 0 Å². The number of para-hydroxylation sites is 1. The molecule has 26 heavy (non-hydrogen) atoms. The quantitative estimate of drug-likeness (QED) is 0.750. The highest BCUT2D eigenvalue weighted by atomic mass is 35.5. The van der Waals surface area contributed by atoms with Crippen LogP contribution < -0.4 is 4.90 Å². The number of halogens is 1. The maximum Gasteiger partial charge on any atom is 0.223 e. The van der Waals surface area contributed by atoms with Crippen molar-refractivity contribution >= 4 is 33.0 Å². The highest BCUT2D eigenvalue weighted by Gasteiger charge is 2.31. The molecule has 0 aromatic heterocycles. The molecule has 1 unspecified atom stereocenters. The summed E-state index contributed by atoms with van der Waals surface area (Å²) in [5.41, 5.74) is 1.02. The van der Waals surface area contributed by atoms with E-state index in [4.69, 9.17) is 11.6 Å². The van der Waals surface area contributed by atoms with Crippen molar-refractivity contribution in [3.8, 4) is 0 Å². The van der Waals surface area contributed by atoms with Crippen molar-refractivity contribution in [1.29, 1.82) is 0 Å². The Morgan fingerprint density at radius 3 is 2.54 bits per heavy atom. The highest BCUT2D eigenvalue weighted by molar-refractivity contribution is 7.91. The van der Waals surface area contributed by atoms with Gasteiger partial charge in [-0.25, -0.2) is 8.42 Å². The van der Waals surface area contributed by atoms with E-state index in [9.17, 15) is 13.2 Å². The molecule has 1 amide bonds. The molecule has 2 aliphatic heterocycles. The van der Waals surface area contributed by atoms with Crippen LogP contribution in [0.4, 0.5) is 5.69 Å². The fourth-order valence-corrected chi connectivity index (χ4v) is 5.70. The molecule has 1 aromatic rings. The van der Waals surface area contributed by atoms with Crippen molar-refractivity contribution in [3.63, 3.8) is 0 Å². The van der Waals surface area contributed by atoms with E-state index in [1.165, 1.54) is 0 Å². The molecule has 3 rings (SSSR count). The minimum absolute atomic E-state index is 0.0462. The molecule has 6 nitrogen and oxygen atoms in total. The Hall–Kier alpha value is -1.31.